The molecule has 0 spiro atoms. The number of amides is 1. The van der Waals surface area contributed by atoms with Crippen LogP contribution in [-0.4, -0.2) is 10.9 Å². The number of hydrogen-bond acceptors (Lipinski definition) is 3. The van der Waals surface area contributed by atoms with Crippen molar-refractivity contribution in [2.24, 2.45) is 5.73 Å². The number of carbonyl (C=O) groups is 1. The topological polar surface area (TPSA) is 55.1 Å². The van der Waals surface area contributed by atoms with E-state index in [1.165, 1.54) is 11.3 Å². The van der Waals surface area contributed by atoms with Crippen LogP contribution in [-0.2, 0) is 4.79 Å². The van der Waals surface area contributed by atoms with E-state index in [1.807, 2.05) is 49.4 Å². The molecule has 6 heteroatoms. The molecule has 1 heterocycles. The average molecular weight is 339 g/mol. The van der Waals surface area contributed by atoms with Gasteiger partial charge in [-0.05, 0) is 24.6 Å². The standard InChI is InChI=1S/C15H15ClN2OS2/c1-9(11-7-8-12(16)21-11)18-15(19)13(14(17)20)10-5-3-2-4-6-10/h2-9,13H,1H3,(H2,17,20)(H,18,19). The molecule has 0 fully saturated rings. The van der Waals surface area contributed by atoms with Crippen LogP contribution in [0.4, 0.5) is 0 Å². The fourth-order valence-electron chi connectivity index (χ4n) is 2.02. The number of halogens is 1. The number of rotatable bonds is 5. The maximum absolute atomic E-state index is 12.5. The van der Waals surface area contributed by atoms with E-state index in [0.717, 1.165) is 10.4 Å². The van der Waals surface area contributed by atoms with Crippen LogP contribution in [0.25, 0.3) is 0 Å². The van der Waals surface area contributed by atoms with E-state index in [4.69, 9.17) is 29.6 Å². The number of hydrogen-bond donors (Lipinski definition) is 2. The van der Waals surface area contributed by atoms with Crippen molar-refractivity contribution in [3.63, 3.8) is 0 Å². The fraction of sp³-hybridized carbons (Fsp3) is 0.200. The Morgan fingerprint density at radius 1 is 1.29 bits per heavy atom. The Labute approximate surface area is 138 Å². The zero-order valence-electron chi connectivity index (χ0n) is 11.4. The molecule has 1 amide bonds. The summed E-state index contributed by atoms with van der Waals surface area (Å²) in [7, 11) is 0. The molecule has 0 bridgehead atoms. The Hall–Kier alpha value is -1.43. The van der Waals surface area contributed by atoms with Crippen LogP contribution in [0.1, 0.15) is 29.3 Å². The summed E-state index contributed by atoms with van der Waals surface area (Å²) < 4.78 is 0.694. The Bertz CT molecular complexity index is 642. The monoisotopic (exact) mass is 338 g/mol. The van der Waals surface area contributed by atoms with E-state index in [1.54, 1.807) is 0 Å². The Balaban J connectivity index is 2.15. The molecule has 2 atom stereocenters. The van der Waals surface area contributed by atoms with Crippen molar-refractivity contribution in [2.75, 3.05) is 0 Å². The average Bonchev–Trinajstić information content (AvgIpc) is 2.86. The summed E-state index contributed by atoms with van der Waals surface area (Å²) in [6, 6.07) is 12.9. The lowest BCUT2D eigenvalue weighted by Gasteiger charge is -2.19. The first kappa shape index (κ1) is 15.9. The van der Waals surface area contributed by atoms with Crippen LogP contribution in [0.2, 0.25) is 4.34 Å². The number of thiocarbonyl (C=S) groups is 1. The van der Waals surface area contributed by atoms with Gasteiger partial charge in [-0.2, -0.15) is 0 Å². The first-order valence-electron chi connectivity index (χ1n) is 6.39. The molecule has 0 radical (unpaired) electrons. The highest BCUT2D eigenvalue weighted by Gasteiger charge is 2.25. The van der Waals surface area contributed by atoms with Crippen molar-refractivity contribution >= 4 is 46.1 Å². The summed E-state index contributed by atoms with van der Waals surface area (Å²) >= 11 is 12.4. The van der Waals surface area contributed by atoms with Gasteiger partial charge in [-0.1, -0.05) is 54.2 Å². The summed E-state index contributed by atoms with van der Waals surface area (Å²) in [6.07, 6.45) is 0. The normalized spacial score (nSPS) is 13.4. The molecular weight excluding hydrogens is 324 g/mol. The van der Waals surface area contributed by atoms with Crippen LogP contribution in [0, 0.1) is 0 Å². The van der Waals surface area contributed by atoms with Crippen LogP contribution >= 0.6 is 35.2 Å². The molecule has 1 aromatic heterocycles. The summed E-state index contributed by atoms with van der Waals surface area (Å²) in [5, 5.41) is 2.93. The Kier molecular flexibility index (Phi) is 5.33. The summed E-state index contributed by atoms with van der Waals surface area (Å²) in [4.78, 5) is 13.6. The highest BCUT2D eigenvalue weighted by Crippen LogP contribution is 2.27. The lowest BCUT2D eigenvalue weighted by molar-refractivity contribution is -0.121. The highest BCUT2D eigenvalue weighted by molar-refractivity contribution is 7.80. The van der Waals surface area contributed by atoms with Gasteiger partial charge in [-0.15, -0.1) is 11.3 Å². The molecule has 2 aromatic rings. The minimum atomic E-state index is -0.626. The highest BCUT2D eigenvalue weighted by atomic mass is 35.5. The smallest absolute Gasteiger partial charge is 0.234 e. The second-order valence-corrected chi connectivity index (χ2v) is 6.84. The first-order valence-corrected chi connectivity index (χ1v) is 7.99. The van der Waals surface area contributed by atoms with Gasteiger partial charge in [0, 0.05) is 4.88 Å². The zero-order chi connectivity index (χ0) is 15.4. The van der Waals surface area contributed by atoms with E-state index in [2.05, 4.69) is 5.32 Å². The third kappa shape index (κ3) is 4.03. The number of benzene rings is 1. The molecule has 110 valence electrons. The molecule has 0 aliphatic rings. The van der Waals surface area contributed by atoms with Crippen molar-refractivity contribution in [1.29, 1.82) is 0 Å². The van der Waals surface area contributed by atoms with Crippen LogP contribution in [0.5, 0.6) is 0 Å². The summed E-state index contributed by atoms with van der Waals surface area (Å²) in [6.45, 7) is 1.90. The molecule has 0 aliphatic carbocycles. The minimum Gasteiger partial charge on any atom is -0.392 e. The minimum absolute atomic E-state index is 0.143. The third-order valence-electron chi connectivity index (χ3n) is 3.06. The summed E-state index contributed by atoms with van der Waals surface area (Å²) in [5.74, 6) is -0.829. The lowest BCUT2D eigenvalue weighted by atomic mass is 9.98. The van der Waals surface area contributed by atoms with Gasteiger partial charge in [0.05, 0.1) is 15.4 Å². The number of nitrogens with one attached hydrogen (secondary N) is 1. The van der Waals surface area contributed by atoms with Gasteiger partial charge < -0.3 is 11.1 Å². The zero-order valence-corrected chi connectivity index (χ0v) is 13.8. The van der Waals surface area contributed by atoms with E-state index >= 15 is 0 Å². The molecule has 1 aromatic carbocycles. The largest absolute Gasteiger partial charge is 0.392 e. The van der Waals surface area contributed by atoms with Gasteiger partial charge in [-0.3, -0.25) is 4.79 Å². The maximum atomic E-state index is 12.5. The van der Waals surface area contributed by atoms with Crippen molar-refractivity contribution in [3.8, 4) is 0 Å². The van der Waals surface area contributed by atoms with E-state index in [-0.39, 0.29) is 16.9 Å². The maximum Gasteiger partial charge on any atom is 0.234 e. The van der Waals surface area contributed by atoms with E-state index in [0.29, 0.717) is 4.34 Å². The van der Waals surface area contributed by atoms with Crippen molar-refractivity contribution in [3.05, 3.63) is 57.2 Å². The molecule has 21 heavy (non-hydrogen) atoms. The van der Waals surface area contributed by atoms with Crippen molar-refractivity contribution in [1.82, 2.24) is 5.32 Å². The summed E-state index contributed by atoms with van der Waals surface area (Å²) in [5.41, 5.74) is 6.53. The van der Waals surface area contributed by atoms with Gasteiger partial charge in [-0.25, -0.2) is 0 Å². The van der Waals surface area contributed by atoms with Gasteiger partial charge >= 0.3 is 0 Å². The van der Waals surface area contributed by atoms with Gasteiger partial charge in [0.25, 0.3) is 0 Å². The Morgan fingerprint density at radius 3 is 2.48 bits per heavy atom. The predicted molar refractivity (Wildman–Crippen MR) is 91.9 cm³/mol. The van der Waals surface area contributed by atoms with Crippen LogP contribution in [0.3, 0.4) is 0 Å². The quantitative estimate of drug-likeness (QED) is 0.818. The van der Waals surface area contributed by atoms with Gasteiger partial charge in [0.15, 0.2) is 0 Å². The number of nitrogens with two attached hydrogens (primary N) is 1. The molecule has 0 saturated carbocycles. The molecule has 3 N–H and O–H groups in total. The molecule has 2 unspecified atom stereocenters. The SMILES string of the molecule is CC(NC(=O)C(C(N)=S)c1ccccc1)c1ccc(Cl)s1. The van der Waals surface area contributed by atoms with E-state index in [9.17, 15) is 4.79 Å². The van der Waals surface area contributed by atoms with Crippen molar-refractivity contribution in [2.45, 2.75) is 18.9 Å². The third-order valence-corrected chi connectivity index (χ3v) is 4.71. The van der Waals surface area contributed by atoms with Crippen LogP contribution < -0.4 is 11.1 Å². The van der Waals surface area contributed by atoms with E-state index < -0.39 is 5.92 Å². The number of carbonyl (C=O) groups excluding carboxylic acids is 1. The van der Waals surface area contributed by atoms with Crippen LogP contribution in [0.15, 0.2) is 42.5 Å². The Morgan fingerprint density at radius 2 is 1.95 bits per heavy atom. The van der Waals surface area contributed by atoms with Gasteiger partial charge in [0.1, 0.15) is 5.92 Å². The molecular formula is C15H15ClN2OS2. The van der Waals surface area contributed by atoms with Gasteiger partial charge in [0.2, 0.25) is 5.91 Å². The molecule has 3 nitrogen and oxygen atoms in total. The second-order valence-electron chi connectivity index (χ2n) is 4.62. The second kappa shape index (κ2) is 7.02. The van der Waals surface area contributed by atoms with Crippen molar-refractivity contribution < 1.29 is 4.79 Å². The fourth-order valence-corrected chi connectivity index (χ4v) is 3.33. The molecule has 0 saturated heterocycles. The molecule has 0 aliphatic heterocycles. The number of thiophene rings is 1. The predicted octanol–water partition coefficient (Wildman–Crippen LogP) is 3.65. The first-order chi connectivity index (χ1) is 9.99. The molecule has 2 rings (SSSR count). The lowest BCUT2D eigenvalue weighted by Crippen LogP contribution is -2.37.